The maximum absolute atomic E-state index is 11.2. The Morgan fingerprint density at radius 3 is 1.58 bits per heavy atom. The summed E-state index contributed by atoms with van der Waals surface area (Å²) in [5.74, 6) is 0.161. The van der Waals surface area contributed by atoms with Gasteiger partial charge in [-0.1, -0.05) is 6.92 Å². The summed E-state index contributed by atoms with van der Waals surface area (Å²) in [5, 5.41) is 3.80. The van der Waals surface area contributed by atoms with Gasteiger partial charge in [-0.25, -0.2) is 0 Å². The highest BCUT2D eigenvalue weighted by Gasteiger charge is 2.28. The molecule has 10 heteroatoms. The molecule has 0 saturated heterocycles. The van der Waals surface area contributed by atoms with Gasteiger partial charge in [-0.3, -0.25) is 19.2 Å². The number of carbonyl (C=O) groups excluding carboxylic acids is 4. The van der Waals surface area contributed by atoms with Crippen LogP contribution in [0.1, 0.15) is 45.4 Å². The highest BCUT2D eigenvalue weighted by Crippen LogP contribution is 2.26. The Morgan fingerprint density at radius 1 is 0.885 bits per heavy atom. The van der Waals surface area contributed by atoms with Crippen LogP contribution in [0.25, 0.3) is 0 Å². The van der Waals surface area contributed by atoms with Crippen molar-refractivity contribution in [3.05, 3.63) is 0 Å². The molecule has 2 fully saturated rings. The lowest BCUT2D eigenvalue weighted by atomic mass is 9.81. The maximum atomic E-state index is 11.2. The molecule has 2 aliphatic carbocycles. The van der Waals surface area contributed by atoms with E-state index in [9.17, 15) is 19.2 Å². The zero-order chi connectivity index (χ0) is 20.3. The van der Waals surface area contributed by atoms with Gasteiger partial charge < -0.3 is 22.1 Å². The summed E-state index contributed by atoms with van der Waals surface area (Å²) in [7, 11) is 1.53. The molecule has 0 aliphatic heterocycles. The van der Waals surface area contributed by atoms with Crippen LogP contribution in [0.15, 0.2) is 0 Å². The molecular formula is C16H28Cl2N4O4. The standard InChI is InChI=1S/C9H16N2O2.C4H10N2.C3H2Cl2O2/c1-6-3-4-7(6)11-9(13)5-8(12)10-2;5-3-1-2-4(3)6;4-2(6)1-3(5)7/h6-7H,3-5H2,1-2H3,(H,10,12)(H,11,13);3-4H,1-2,5-6H2;1H2. The van der Waals surface area contributed by atoms with Crippen molar-refractivity contribution in [2.24, 2.45) is 17.4 Å². The molecule has 26 heavy (non-hydrogen) atoms. The van der Waals surface area contributed by atoms with Crippen LogP contribution in [-0.4, -0.2) is 47.5 Å². The molecule has 0 spiro atoms. The van der Waals surface area contributed by atoms with E-state index < -0.39 is 10.5 Å². The van der Waals surface area contributed by atoms with Crippen LogP contribution in [-0.2, 0) is 19.2 Å². The van der Waals surface area contributed by atoms with Gasteiger partial charge in [0.05, 0.1) is 6.42 Å². The zero-order valence-corrected chi connectivity index (χ0v) is 16.6. The Bertz CT molecular complexity index is 485. The summed E-state index contributed by atoms with van der Waals surface area (Å²) in [6.45, 7) is 2.11. The Balaban J connectivity index is 0.000000404. The number of nitrogens with two attached hydrogens (primary N) is 2. The molecule has 2 saturated carbocycles. The van der Waals surface area contributed by atoms with E-state index in [-0.39, 0.29) is 30.7 Å². The van der Waals surface area contributed by atoms with E-state index in [2.05, 4.69) is 17.6 Å². The van der Waals surface area contributed by atoms with Gasteiger partial charge in [-0.15, -0.1) is 0 Å². The third kappa shape index (κ3) is 11.4. The molecule has 0 bridgehead atoms. The van der Waals surface area contributed by atoms with Crippen molar-refractivity contribution in [1.29, 1.82) is 0 Å². The molecule has 2 amide bonds. The number of carbonyl (C=O) groups is 4. The number of hydrogen-bond acceptors (Lipinski definition) is 6. The molecule has 8 nitrogen and oxygen atoms in total. The lowest BCUT2D eigenvalue weighted by Gasteiger charge is -2.34. The van der Waals surface area contributed by atoms with Crippen molar-refractivity contribution in [3.8, 4) is 0 Å². The minimum Gasteiger partial charge on any atom is -0.359 e. The molecule has 0 heterocycles. The molecule has 2 aliphatic rings. The van der Waals surface area contributed by atoms with Gasteiger partial charge >= 0.3 is 0 Å². The van der Waals surface area contributed by atoms with Crippen molar-refractivity contribution in [3.63, 3.8) is 0 Å². The fourth-order valence-corrected chi connectivity index (χ4v) is 2.35. The van der Waals surface area contributed by atoms with Crippen LogP contribution >= 0.6 is 23.2 Å². The van der Waals surface area contributed by atoms with Crippen LogP contribution in [0.3, 0.4) is 0 Å². The zero-order valence-electron chi connectivity index (χ0n) is 15.1. The Kier molecular flexibility index (Phi) is 12.4. The van der Waals surface area contributed by atoms with E-state index in [0.717, 1.165) is 19.3 Å². The Hall–Kier alpha value is -1.22. The van der Waals surface area contributed by atoms with E-state index in [1.807, 2.05) is 0 Å². The highest BCUT2D eigenvalue weighted by molar-refractivity contribution is 6.72. The first-order valence-electron chi connectivity index (χ1n) is 8.44. The summed E-state index contributed by atoms with van der Waals surface area (Å²) >= 11 is 9.46. The van der Waals surface area contributed by atoms with Crippen LogP contribution < -0.4 is 22.1 Å². The van der Waals surface area contributed by atoms with Gasteiger partial charge in [-0.05, 0) is 54.8 Å². The van der Waals surface area contributed by atoms with Gasteiger partial charge in [0.25, 0.3) is 0 Å². The third-order valence-corrected chi connectivity index (χ3v) is 4.49. The summed E-state index contributed by atoms with van der Waals surface area (Å²) < 4.78 is 0. The smallest absolute Gasteiger partial charge is 0.230 e. The Labute approximate surface area is 163 Å². The third-order valence-electron chi connectivity index (χ3n) is 4.23. The minimum absolute atomic E-state index is 0.0558. The first kappa shape index (κ1) is 24.8. The molecule has 0 radical (unpaired) electrons. The van der Waals surface area contributed by atoms with E-state index in [1.165, 1.54) is 13.5 Å². The largest absolute Gasteiger partial charge is 0.359 e. The van der Waals surface area contributed by atoms with Gasteiger partial charge in [0.1, 0.15) is 6.42 Å². The maximum Gasteiger partial charge on any atom is 0.230 e. The van der Waals surface area contributed by atoms with Crippen molar-refractivity contribution in [2.45, 2.75) is 63.6 Å². The molecular weight excluding hydrogens is 383 g/mol. The van der Waals surface area contributed by atoms with Gasteiger partial charge in [-0.2, -0.15) is 0 Å². The van der Waals surface area contributed by atoms with Gasteiger partial charge in [0.2, 0.25) is 22.3 Å². The molecule has 0 aromatic rings. The summed E-state index contributed by atoms with van der Waals surface area (Å²) in [5.41, 5.74) is 10.8. The van der Waals surface area contributed by atoms with E-state index in [1.54, 1.807) is 0 Å². The summed E-state index contributed by atoms with van der Waals surface area (Å²) in [6.07, 6.45) is 4.02. The normalized spacial score (nSPS) is 25.6. The molecule has 4 atom stereocenters. The fourth-order valence-electron chi connectivity index (χ4n) is 2.03. The number of nitrogens with one attached hydrogen (secondary N) is 2. The van der Waals surface area contributed by atoms with E-state index >= 15 is 0 Å². The van der Waals surface area contributed by atoms with Gasteiger partial charge in [0, 0.05) is 25.2 Å². The highest BCUT2D eigenvalue weighted by atomic mass is 35.5. The second-order valence-electron chi connectivity index (χ2n) is 6.37. The molecule has 150 valence electrons. The predicted octanol–water partition coefficient (Wildman–Crippen LogP) is 0.379. The lowest BCUT2D eigenvalue weighted by molar-refractivity contribution is -0.130. The van der Waals surface area contributed by atoms with Crippen LogP contribution in [0.4, 0.5) is 0 Å². The monoisotopic (exact) mass is 410 g/mol. The van der Waals surface area contributed by atoms with E-state index in [4.69, 9.17) is 34.7 Å². The summed E-state index contributed by atoms with van der Waals surface area (Å²) in [6, 6.07) is 0.909. The first-order valence-corrected chi connectivity index (χ1v) is 9.20. The van der Waals surface area contributed by atoms with Crippen molar-refractivity contribution >= 4 is 45.5 Å². The predicted molar refractivity (Wildman–Crippen MR) is 101 cm³/mol. The molecule has 6 N–H and O–H groups in total. The number of hydrogen-bond donors (Lipinski definition) is 4. The van der Waals surface area contributed by atoms with E-state index in [0.29, 0.717) is 18.0 Å². The number of rotatable bonds is 5. The van der Waals surface area contributed by atoms with Crippen molar-refractivity contribution in [1.82, 2.24) is 10.6 Å². The average molecular weight is 411 g/mol. The first-order chi connectivity index (χ1) is 12.1. The quantitative estimate of drug-likeness (QED) is 0.380. The van der Waals surface area contributed by atoms with Crippen LogP contribution in [0, 0.1) is 5.92 Å². The van der Waals surface area contributed by atoms with Crippen LogP contribution in [0.2, 0.25) is 0 Å². The summed E-state index contributed by atoms with van der Waals surface area (Å²) in [4.78, 5) is 41.4. The molecule has 0 aromatic heterocycles. The number of amides is 2. The second kappa shape index (κ2) is 13.0. The van der Waals surface area contributed by atoms with Crippen LogP contribution in [0.5, 0.6) is 0 Å². The van der Waals surface area contributed by atoms with Crippen molar-refractivity contribution < 1.29 is 19.2 Å². The minimum atomic E-state index is -0.722. The molecule has 2 rings (SSSR count). The Morgan fingerprint density at radius 2 is 1.38 bits per heavy atom. The molecule has 0 aromatic carbocycles. The average Bonchev–Trinajstić information content (AvgIpc) is 2.56. The second-order valence-corrected chi connectivity index (χ2v) is 7.21. The number of halogens is 2. The van der Waals surface area contributed by atoms with Crippen molar-refractivity contribution in [2.75, 3.05) is 7.05 Å². The molecule has 4 unspecified atom stereocenters. The topological polar surface area (TPSA) is 144 Å². The SMILES string of the molecule is CNC(=O)CC(=O)NC1CCC1C.NC1CCC1N.O=C(Cl)CC(=O)Cl. The lowest BCUT2D eigenvalue weighted by Crippen LogP contribution is -2.49. The van der Waals surface area contributed by atoms with Gasteiger partial charge in [0.15, 0.2) is 0 Å². The fraction of sp³-hybridized carbons (Fsp3) is 0.750.